The van der Waals surface area contributed by atoms with Crippen LogP contribution in [0.15, 0.2) is 24.3 Å². The predicted molar refractivity (Wildman–Crippen MR) is 137 cm³/mol. The second-order valence-corrected chi connectivity index (χ2v) is 11.6. The monoisotopic (exact) mass is 497 g/mol. The van der Waals surface area contributed by atoms with Gasteiger partial charge in [-0.3, -0.25) is 4.90 Å². The van der Waals surface area contributed by atoms with E-state index in [9.17, 15) is 9.18 Å². The summed E-state index contributed by atoms with van der Waals surface area (Å²) in [5.74, 6) is 0.854. The second-order valence-electron chi connectivity index (χ2n) is 11.6. The Kier molecular flexibility index (Phi) is 7.10. The lowest BCUT2D eigenvalue weighted by Crippen LogP contribution is -2.45. The molecule has 0 radical (unpaired) electrons. The van der Waals surface area contributed by atoms with Crippen molar-refractivity contribution in [3.8, 4) is 0 Å². The van der Waals surface area contributed by atoms with E-state index in [1.807, 2.05) is 26.8 Å². The molecular weight excluding hydrogens is 457 g/mol. The van der Waals surface area contributed by atoms with E-state index in [-0.39, 0.29) is 11.9 Å². The minimum absolute atomic E-state index is 0.294. The molecule has 1 aromatic carbocycles. The van der Waals surface area contributed by atoms with Crippen molar-refractivity contribution >= 4 is 6.09 Å². The second kappa shape index (κ2) is 10.1. The molecule has 196 valence electrons. The third-order valence-corrected chi connectivity index (χ3v) is 7.94. The number of nitrogens with zero attached hydrogens (tertiary/aromatic N) is 3. The lowest BCUT2D eigenvalue weighted by molar-refractivity contribution is 0.0488. The summed E-state index contributed by atoms with van der Waals surface area (Å²) in [4.78, 5) is 20.1. The van der Waals surface area contributed by atoms with Crippen LogP contribution in [0.2, 0.25) is 0 Å². The molecular formula is C28H40FN5O2. The van der Waals surface area contributed by atoms with E-state index in [0.717, 1.165) is 50.3 Å². The van der Waals surface area contributed by atoms with Crippen LogP contribution in [-0.4, -0.2) is 51.3 Å². The Morgan fingerprint density at radius 1 is 1.25 bits per heavy atom. The van der Waals surface area contributed by atoms with E-state index in [1.54, 1.807) is 6.07 Å². The van der Waals surface area contributed by atoms with E-state index in [4.69, 9.17) is 9.72 Å². The summed E-state index contributed by atoms with van der Waals surface area (Å²) in [7, 11) is 0. The molecule has 5 rings (SSSR count). The van der Waals surface area contributed by atoms with Crippen molar-refractivity contribution in [1.29, 1.82) is 0 Å². The number of halogens is 1. The smallest absolute Gasteiger partial charge is 0.408 e. The van der Waals surface area contributed by atoms with Crippen molar-refractivity contribution in [3.05, 3.63) is 52.9 Å². The van der Waals surface area contributed by atoms with Gasteiger partial charge in [0.05, 0.1) is 17.4 Å². The number of imidazole rings is 1. The predicted octanol–water partition coefficient (Wildman–Crippen LogP) is 4.80. The molecule has 7 nitrogen and oxygen atoms in total. The van der Waals surface area contributed by atoms with E-state index in [1.165, 1.54) is 36.4 Å². The molecule has 1 amide bonds. The molecule has 3 atom stereocenters. The molecule has 36 heavy (non-hydrogen) atoms. The lowest BCUT2D eigenvalue weighted by atomic mass is 9.95. The zero-order valence-electron chi connectivity index (χ0n) is 22.0. The molecule has 2 saturated heterocycles. The number of amides is 1. The highest BCUT2D eigenvalue weighted by Gasteiger charge is 2.42. The summed E-state index contributed by atoms with van der Waals surface area (Å²) in [5.41, 5.74) is 2.84. The number of alkyl carbamates (subject to hydrolysis) is 1. The van der Waals surface area contributed by atoms with Gasteiger partial charge in [0.25, 0.3) is 0 Å². The van der Waals surface area contributed by atoms with Crippen molar-refractivity contribution in [2.45, 2.75) is 103 Å². The number of nitrogens with one attached hydrogen (secondary N) is 2. The van der Waals surface area contributed by atoms with Gasteiger partial charge in [0.15, 0.2) is 0 Å². The first kappa shape index (κ1) is 25.2. The molecule has 0 saturated carbocycles. The molecule has 3 aliphatic heterocycles. The molecule has 3 aliphatic rings. The Balaban J connectivity index is 1.27. The van der Waals surface area contributed by atoms with E-state index in [2.05, 4.69) is 27.0 Å². The Hall–Kier alpha value is -2.45. The van der Waals surface area contributed by atoms with Gasteiger partial charge in [0, 0.05) is 44.2 Å². The number of ether oxygens (including phenoxy) is 1. The van der Waals surface area contributed by atoms with Crippen LogP contribution >= 0.6 is 0 Å². The van der Waals surface area contributed by atoms with Crippen LogP contribution in [0, 0.1) is 12.7 Å². The standard InChI is InChI=1S/C28H40FN5O2/c1-18-31-25-10-12-30-17-26(25)34(18)23-15-21-8-9-22(16-23)33(21)13-11-24(19-6-5-7-20(29)14-19)32-27(35)36-28(2,3)4/h5-7,14,21-24,30H,8-13,15-17H2,1-4H3,(H,32,35)/t21?,22?,23?,24-/m0/s1. The molecule has 0 aliphatic carbocycles. The van der Waals surface area contributed by atoms with Gasteiger partial charge in [-0.25, -0.2) is 14.2 Å². The van der Waals surface area contributed by atoms with Crippen LogP contribution in [0.4, 0.5) is 9.18 Å². The van der Waals surface area contributed by atoms with Gasteiger partial charge in [-0.2, -0.15) is 0 Å². The fraction of sp³-hybridized carbons (Fsp3) is 0.643. The molecule has 2 bridgehead atoms. The highest BCUT2D eigenvalue weighted by atomic mass is 19.1. The summed E-state index contributed by atoms with van der Waals surface area (Å²) < 4.78 is 22.1. The van der Waals surface area contributed by atoms with Crippen molar-refractivity contribution in [2.75, 3.05) is 13.1 Å². The number of benzene rings is 1. The van der Waals surface area contributed by atoms with Crippen molar-refractivity contribution in [1.82, 2.24) is 25.1 Å². The average molecular weight is 498 g/mol. The Morgan fingerprint density at radius 2 is 2.00 bits per heavy atom. The zero-order valence-corrected chi connectivity index (χ0v) is 22.0. The maximum absolute atomic E-state index is 14.0. The minimum atomic E-state index is -0.586. The van der Waals surface area contributed by atoms with Crippen molar-refractivity contribution in [3.63, 3.8) is 0 Å². The number of aromatic nitrogens is 2. The lowest BCUT2D eigenvalue weighted by Gasteiger charge is -2.41. The number of hydrogen-bond acceptors (Lipinski definition) is 5. The molecule has 4 heterocycles. The van der Waals surface area contributed by atoms with E-state index >= 15 is 0 Å². The SMILES string of the molecule is Cc1nc2c(n1C1CC3CCC(C1)N3CC[C@H](NC(=O)OC(C)(C)C)c1cccc(F)c1)CNCC2. The van der Waals surface area contributed by atoms with Crippen LogP contribution in [0.25, 0.3) is 0 Å². The molecule has 1 aromatic heterocycles. The highest BCUT2D eigenvalue weighted by Crippen LogP contribution is 2.42. The largest absolute Gasteiger partial charge is 0.444 e. The van der Waals surface area contributed by atoms with Crippen LogP contribution in [0.5, 0.6) is 0 Å². The van der Waals surface area contributed by atoms with Gasteiger partial charge in [0.2, 0.25) is 0 Å². The maximum Gasteiger partial charge on any atom is 0.408 e. The Labute approximate surface area is 213 Å². The molecule has 2 N–H and O–H groups in total. The molecule has 2 fully saturated rings. The number of fused-ring (bicyclic) bond motifs is 3. The number of carbonyl (C=O) groups excluding carboxylic acids is 1. The summed E-state index contributed by atoms with van der Waals surface area (Å²) >= 11 is 0. The van der Waals surface area contributed by atoms with Gasteiger partial charge in [0.1, 0.15) is 17.2 Å². The normalized spacial score (nSPS) is 24.9. The first-order valence-corrected chi connectivity index (χ1v) is 13.5. The number of carbonyl (C=O) groups is 1. The first-order valence-electron chi connectivity index (χ1n) is 13.5. The number of hydrogen-bond donors (Lipinski definition) is 2. The van der Waals surface area contributed by atoms with Crippen molar-refractivity contribution < 1.29 is 13.9 Å². The number of piperidine rings is 1. The third kappa shape index (κ3) is 5.44. The molecule has 0 spiro atoms. The summed E-state index contributed by atoms with van der Waals surface area (Å²) in [6.45, 7) is 10.5. The van der Waals surface area contributed by atoms with Crippen LogP contribution < -0.4 is 10.6 Å². The third-order valence-electron chi connectivity index (χ3n) is 7.94. The number of aryl methyl sites for hydroxylation is 1. The molecule has 8 heteroatoms. The van der Waals surface area contributed by atoms with E-state index in [0.29, 0.717) is 24.5 Å². The Bertz CT molecular complexity index is 1080. The van der Waals surface area contributed by atoms with Gasteiger partial charge in [-0.05, 0) is 77.5 Å². The average Bonchev–Trinajstić information content (AvgIpc) is 3.26. The zero-order chi connectivity index (χ0) is 25.4. The van der Waals surface area contributed by atoms with Crippen LogP contribution in [0.1, 0.15) is 87.7 Å². The topological polar surface area (TPSA) is 71.4 Å². The minimum Gasteiger partial charge on any atom is -0.444 e. The quantitative estimate of drug-likeness (QED) is 0.600. The molecule has 2 aromatic rings. The Morgan fingerprint density at radius 3 is 2.69 bits per heavy atom. The summed E-state index contributed by atoms with van der Waals surface area (Å²) in [5, 5.41) is 6.53. The first-order chi connectivity index (χ1) is 17.2. The fourth-order valence-electron chi connectivity index (χ4n) is 6.53. The summed E-state index contributed by atoms with van der Waals surface area (Å²) in [6, 6.07) is 7.77. The molecule has 2 unspecified atom stereocenters. The van der Waals surface area contributed by atoms with Crippen LogP contribution in [0.3, 0.4) is 0 Å². The maximum atomic E-state index is 14.0. The van der Waals surface area contributed by atoms with E-state index < -0.39 is 11.7 Å². The highest BCUT2D eigenvalue weighted by molar-refractivity contribution is 5.68. The van der Waals surface area contributed by atoms with Gasteiger partial charge in [-0.1, -0.05) is 12.1 Å². The van der Waals surface area contributed by atoms with Gasteiger partial charge >= 0.3 is 6.09 Å². The van der Waals surface area contributed by atoms with Crippen molar-refractivity contribution in [2.24, 2.45) is 0 Å². The fourth-order valence-corrected chi connectivity index (χ4v) is 6.53. The summed E-state index contributed by atoms with van der Waals surface area (Å²) in [6.07, 6.45) is 5.94. The van der Waals surface area contributed by atoms with Gasteiger partial charge in [-0.15, -0.1) is 0 Å². The number of rotatable bonds is 6. The van der Waals surface area contributed by atoms with Crippen LogP contribution in [-0.2, 0) is 17.7 Å². The van der Waals surface area contributed by atoms with Gasteiger partial charge < -0.3 is 19.9 Å².